The third-order valence-corrected chi connectivity index (χ3v) is 1.01. The van der Waals surface area contributed by atoms with Crippen LogP contribution in [0.15, 0.2) is 0 Å². The zero-order chi connectivity index (χ0) is 13.0. The molecule has 0 bridgehead atoms. The highest BCUT2D eigenvalue weighted by molar-refractivity contribution is 4.76. The fourth-order valence-corrected chi connectivity index (χ4v) is 0.434. The molecule has 94 valence electrons. The molecule has 4 nitrogen and oxygen atoms in total. The summed E-state index contributed by atoms with van der Waals surface area (Å²) in [7, 11) is 0. The number of ether oxygens (including phenoxy) is 1. The molecule has 16 heavy (non-hydrogen) atoms. The number of nitrogens with zero attached hydrogens (tertiary/aromatic N) is 1. The summed E-state index contributed by atoms with van der Waals surface area (Å²) in [6.45, 7) is -2.29. The summed E-state index contributed by atoms with van der Waals surface area (Å²) < 4.78 is 85.0. The first-order chi connectivity index (χ1) is 7.02. The van der Waals surface area contributed by atoms with E-state index in [1.165, 1.54) is 0 Å². The molecule has 0 aromatic carbocycles. The highest BCUT2D eigenvalue weighted by Crippen LogP contribution is 2.39. The first-order valence-electron chi connectivity index (χ1n) is 3.22. The maximum Gasteiger partial charge on any atom is 0.527 e. The van der Waals surface area contributed by atoms with Crippen molar-refractivity contribution < 1.29 is 45.2 Å². The standard InChI is InChI=1S/C5H2F7NO3/c6-3(7,1-14-15-2-13)4(8,9)16-5(10,11)12/h1H2. The Balaban J connectivity index is 4.52. The predicted octanol–water partition coefficient (Wildman–Crippen LogP) is 2.18. The molecule has 0 radical (unpaired) electrons. The van der Waals surface area contributed by atoms with Gasteiger partial charge in [-0.15, -0.1) is 18.4 Å². The van der Waals surface area contributed by atoms with Crippen molar-refractivity contribution in [3.05, 3.63) is 0 Å². The third kappa shape index (κ3) is 4.49. The van der Waals surface area contributed by atoms with E-state index < -0.39 is 25.0 Å². The summed E-state index contributed by atoms with van der Waals surface area (Å²) in [5, 5.41) is 7.61. The molecule has 0 amide bonds. The van der Waals surface area contributed by atoms with Crippen LogP contribution in [0.5, 0.6) is 0 Å². The van der Waals surface area contributed by atoms with E-state index in [4.69, 9.17) is 5.26 Å². The molecule has 0 saturated heterocycles. The molecule has 0 atom stereocenters. The molecular formula is C5H2F7NO3. The first-order valence-corrected chi connectivity index (χ1v) is 3.22. The largest absolute Gasteiger partial charge is 0.527 e. The average molecular weight is 257 g/mol. The summed E-state index contributed by atoms with van der Waals surface area (Å²) in [5.41, 5.74) is 0. The maximum absolute atomic E-state index is 12.4. The Hall–Kier alpha value is -1.28. The summed E-state index contributed by atoms with van der Waals surface area (Å²) >= 11 is 0. The average Bonchev–Trinajstić information content (AvgIpc) is 1.99. The molecule has 0 spiro atoms. The van der Waals surface area contributed by atoms with Crippen LogP contribution < -0.4 is 0 Å². The fourth-order valence-electron chi connectivity index (χ4n) is 0.434. The summed E-state index contributed by atoms with van der Waals surface area (Å²) in [4.78, 5) is 6.36. The smallest absolute Gasteiger partial charge is 0.254 e. The van der Waals surface area contributed by atoms with Gasteiger partial charge >= 0.3 is 24.6 Å². The second-order valence-electron chi connectivity index (χ2n) is 2.21. The zero-order valence-corrected chi connectivity index (χ0v) is 7.02. The Morgan fingerprint density at radius 2 is 1.50 bits per heavy atom. The van der Waals surface area contributed by atoms with Crippen molar-refractivity contribution in [2.45, 2.75) is 18.4 Å². The second-order valence-corrected chi connectivity index (χ2v) is 2.21. The van der Waals surface area contributed by atoms with Crippen molar-refractivity contribution in [2.75, 3.05) is 6.61 Å². The van der Waals surface area contributed by atoms with Crippen LogP contribution >= 0.6 is 0 Å². The number of hydrogen-bond acceptors (Lipinski definition) is 4. The van der Waals surface area contributed by atoms with E-state index in [-0.39, 0.29) is 0 Å². The molecule has 0 unspecified atom stereocenters. The van der Waals surface area contributed by atoms with E-state index in [0.29, 0.717) is 6.26 Å². The van der Waals surface area contributed by atoms with Crippen molar-refractivity contribution >= 4 is 0 Å². The van der Waals surface area contributed by atoms with Gasteiger partial charge in [0.2, 0.25) is 0 Å². The molecule has 0 N–H and O–H groups in total. The Kier molecular flexibility index (Phi) is 4.33. The molecule has 0 aromatic heterocycles. The molecule has 0 heterocycles. The van der Waals surface area contributed by atoms with E-state index >= 15 is 0 Å². The van der Waals surface area contributed by atoms with Crippen LogP contribution in [-0.2, 0) is 14.5 Å². The highest BCUT2D eigenvalue weighted by Gasteiger charge is 2.63. The molecule has 0 aliphatic rings. The Labute approximate surface area is 83.0 Å². The van der Waals surface area contributed by atoms with E-state index in [1.54, 1.807) is 0 Å². The van der Waals surface area contributed by atoms with Crippen LogP contribution in [0.3, 0.4) is 0 Å². The number of nitriles is 1. The van der Waals surface area contributed by atoms with Gasteiger partial charge in [0.25, 0.3) is 0 Å². The topological polar surface area (TPSA) is 51.5 Å². The molecule has 11 heteroatoms. The van der Waals surface area contributed by atoms with Crippen LogP contribution in [0.25, 0.3) is 0 Å². The van der Waals surface area contributed by atoms with Gasteiger partial charge in [0, 0.05) is 0 Å². The minimum atomic E-state index is -5.96. The van der Waals surface area contributed by atoms with E-state index in [0.717, 1.165) is 0 Å². The van der Waals surface area contributed by atoms with Gasteiger partial charge < -0.3 is 0 Å². The van der Waals surface area contributed by atoms with Crippen molar-refractivity contribution in [3.63, 3.8) is 0 Å². The normalized spacial score (nSPS) is 13.4. The fraction of sp³-hybridized carbons (Fsp3) is 0.800. The number of alkyl halides is 7. The molecule has 0 aliphatic carbocycles. The lowest BCUT2D eigenvalue weighted by Gasteiger charge is -2.25. The number of hydrogen-bond donors (Lipinski definition) is 0. The minimum absolute atomic E-state index is 0.676. The van der Waals surface area contributed by atoms with Crippen LogP contribution in [-0.4, -0.2) is 25.0 Å². The molecule has 0 aromatic rings. The van der Waals surface area contributed by atoms with Gasteiger partial charge in [0.15, 0.2) is 6.61 Å². The van der Waals surface area contributed by atoms with Crippen molar-refractivity contribution in [3.8, 4) is 6.26 Å². The van der Waals surface area contributed by atoms with E-state index in [2.05, 4.69) is 9.78 Å². The van der Waals surface area contributed by atoms with Gasteiger partial charge in [-0.2, -0.15) is 22.4 Å². The Bertz CT molecular complexity index is 270. The molecule has 0 fully saturated rings. The van der Waals surface area contributed by atoms with Crippen LogP contribution in [0.2, 0.25) is 0 Å². The van der Waals surface area contributed by atoms with Gasteiger partial charge in [-0.1, -0.05) is 0 Å². The van der Waals surface area contributed by atoms with Crippen LogP contribution in [0.1, 0.15) is 0 Å². The maximum atomic E-state index is 12.4. The van der Waals surface area contributed by atoms with Gasteiger partial charge in [0.05, 0.1) is 0 Å². The lowest BCUT2D eigenvalue weighted by Crippen LogP contribution is -2.49. The monoisotopic (exact) mass is 257 g/mol. The summed E-state index contributed by atoms with van der Waals surface area (Å²) in [5.74, 6) is -5.32. The SMILES string of the molecule is N#COOCC(F)(F)C(F)(F)OC(F)(F)F. The van der Waals surface area contributed by atoms with Crippen LogP contribution in [0.4, 0.5) is 30.7 Å². The van der Waals surface area contributed by atoms with E-state index in [9.17, 15) is 30.7 Å². The van der Waals surface area contributed by atoms with Crippen molar-refractivity contribution in [1.82, 2.24) is 0 Å². The zero-order valence-electron chi connectivity index (χ0n) is 7.02. The highest BCUT2D eigenvalue weighted by atomic mass is 19.4. The van der Waals surface area contributed by atoms with Crippen molar-refractivity contribution in [2.24, 2.45) is 0 Å². The Morgan fingerprint density at radius 1 is 1.00 bits per heavy atom. The second kappa shape index (κ2) is 4.71. The number of rotatable bonds is 5. The molecule has 0 rings (SSSR count). The predicted molar refractivity (Wildman–Crippen MR) is 29.7 cm³/mol. The van der Waals surface area contributed by atoms with Gasteiger partial charge in [-0.3, -0.25) is 4.89 Å². The summed E-state index contributed by atoms with van der Waals surface area (Å²) in [6.07, 6.45) is -11.1. The van der Waals surface area contributed by atoms with E-state index in [1.807, 2.05) is 4.74 Å². The summed E-state index contributed by atoms with van der Waals surface area (Å²) in [6, 6.07) is 0. The Morgan fingerprint density at radius 3 is 1.88 bits per heavy atom. The third-order valence-electron chi connectivity index (χ3n) is 1.01. The minimum Gasteiger partial charge on any atom is -0.254 e. The van der Waals surface area contributed by atoms with Gasteiger partial charge in [-0.25, -0.2) is 4.74 Å². The van der Waals surface area contributed by atoms with Gasteiger partial charge in [-0.05, 0) is 0 Å². The first kappa shape index (κ1) is 14.7. The number of halogens is 7. The van der Waals surface area contributed by atoms with Crippen LogP contribution in [0, 0.1) is 11.5 Å². The van der Waals surface area contributed by atoms with Crippen molar-refractivity contribution in [1.29, 1.82) is 5.26 Å². The lowest BCUT2D eigenvalue weighted by molar-refractivity contribution is -0.474. The van der Waals surface area contributed by atoms with Gasteiger partial charge in [0.1, 0.15) is 0 Å². The molecular weight excluding hydrogens is 255 g/mol. The lowest BCUT2D eigenvalue weighted by atomic mass is 10.3. The molecule has 0 aliphatic heterocycles. The molecule has 0 saturated carbocycles. The quantitative estimate of drug-likeness (QED) is 0.249.